The minimum Gasteiger partial charge on any atom is -0.481 e. The van der Waals surface area contributed by atoms with Crippen molar-refractivity contribution in [1.82, 2.24) is 9.21 Å². The lowest BCUT2D eigenvalue weighted by molar-refractivity contribution is -0.139. The summed E-state index contributed by atoms with van der Waals surface area (Å²) in [5.41, 5.74) is 1.05. The molecule has 162 valence electrons. The molecule has 1 aliphatic heterocycles. The predicted molar refractivity (Wildman–Crippen MR) is 103 cm³/mol. The van der Waals surface area contributed by atoms with Gasteiger partial charge in [0.15, 0.2) is 23.6 Å². The van der Waals surface area contributed by atoms with Crippen LogP contribution in [0.25, 0.3) is 0 Å². The molecule has 1 heterocycles. The van der Waals surface area contributed by atoms with E-state index in [1.807, 2.05) is 19.1 Å². The molecule has 0 aromatic heterocycles. The molecule has 2 aromatic carbocycles. The first-order valence-electron chi connectivity index (χ1n) is 9.27. The van der Waals surface area contributed by atoms with Crippen molar-refractivity contribution in [2.45, 2.75) is 24.8 Å². The monoisotopic (exact) mass is 442 g/mol. The zero-order valence-electron chi connectivity index (χ0n) is 16.4. The minimum absolute atomic E-state index is 0.0605. The number of aryl methyl sites for hydroxylation is 1. The molecule has 1 amide bonds. The molecule has 0 saturated carbocycles. The minimum atomic E-state index is -4.37. The Labute approximate surface area is 172 Å². The van der Waals surface area contributed by atoms with Gasteiger partial charge in [0.1, 0.15) is 10.6 Å². The molecule has 0 bridgehead atoms. The number of piperazine rings is 1. The van der Waals surface area contributed by atoms with E-state index >= 15 is 0 Å². The van der Waals surface area contributed by atoms with Crippen LogP contribution in [-0.4, -0.2) is 55.8 Å². The highest BCUT2D eigenvalue weighted by Gasteiger charge is 2.34. The molecule has 2 aromatic rings. The molecular weight excluding hydrogens is 421 g/mol. The number of hydrogen-bond donors (Lipinski definition) is 0. The number of carbonyl (C=O) groups is 1. The highest BCUT2D eigenvalue weighted by molar-refractivity contribution is 7.89. The van der Waals surface area contributed by atoms with Gasteiger partial charge in [-0.3, -0.25) is 4.79 Å². The number of benzene rings is 2. The summed E-state index contributed by atoms with van der Waals surface area (Å²) in [6, 6.07) is 8.47. The molecular formula is C20H21F3N2O4S. The Hall–Kier alpha value is -2.59. The predicted octanol–water partition coefficient (Wildman–Crippen LogP) is 2.71. The Kier molecular flexibility index (Phi) is 6.37. The Bertz CT molecular complexity index is 1040. The second kappa shape index (κ2) is 8.65. The van der Waals surface area contributed by atoms with Crippen molar-refractivity contribution < 1.29 is 31.1 Å². The first-order valence-corrected chi connectivity index (χ1v) is 10.7. The van der Waals surface area contributed by atoms with Crippen LogP contribution >= 0.6 is 0 Å². The van der Waals surface area contributed by atoms with E-state index in [1.54, 1.807) is 19.1 Å². The zero-order valence-corrected chi connectivity index (χ0v) is 17.3. The maximum Gasteiger partial charge on any atom is 0.263 e. The third-order valence-corrected chi connectivity index (χ3v) is 6.77. The fourth-order valence-corrected chi connectivity index (χ4v) is 4.60. The largest absolute Gasteiger partial charge is 0.481 e. The van der Waals surface area contributed by atoms with Crippen molar-refractivity contribution >= 4 is 15.9 Å². The molecule has 10 heteroatoms. The topological polar surface area (TPSA) is 66.9 Å². The second-order valence-electron chi connectivity index (χ2n) is 6.98. The molecule has 1 atom stereocenters. The van der Waals surface area contributed by atoms with E-state index in [2.05, 4.69) is 0 Å². The van der Waals surface area contributed by atoms with E-state index in [0.717, 1.165) is 9.87 Å². The summed E-state index contributed by atoms with van der Waals surface area (Å²) in [5, 5.41) is 0. The first-order chi connectivity index (χ1) is 14.1. The van der Waals surface area contributed by atoms with Crippen molar-refractivity contribution in [3.63, 3.8) is 0 Å². The normalized spacial score (nSPS) is 16.4. The number of sulfonamides is 1. The standard InChI is InChI=1S/C20H21F3N2O4S/c1-13-3-5-15(6-4-13)29-14(2)20(26)24-9-11-25(12-10-24)30(27,28)17-8-7-16(21)18(22)19(17)23/h3-8,14H,9-12H2,1-2H3. The van der Waals surface area contributed by atoms with Crippen LogP contribution in [0.4, 0.5) is 13.2 Å². The summed E-state index contributed by atoms with van der Waals surface area (Å²) in [4.78, 5) is 13.1. The number of ether oxygens (including phenoxy) is 1. The average Bonchev–Trinajstić information content (AvgIpc) is 2.73. The van der Waals surface area contributed by atoms with Crippen molar-refractivity contribution in [1.29, 1.82) is 0 Å². The lowest BCUT2D eigenvalue weighted by Crippen LogP contribution is -2.53. The Morgan fingerprint density at radius 2 is 1.57 bits per heavy atom. The second-order valence-corrected chi connectivity index (χ2v) is 8.88. The molecule has 0 spiro atoms. The quantitative estimate of drug-likeness (QED) is 0.668. The summed E-state index contributed by atoms with van der Waals surface area (Å²) in [5.74, 6) is -4.84. The van der Waals surface area contributed by atoms with Gasteiger partial charge < -0.3 is 9.64 Å². The van der Waals surface area contributed by atoms with E-state index < -0.39 is 38.5 Å². The summed E-state index contributed by atoms with van der Waals surface area (Å²) in [7, 11) is -4.37. The van der Waals surface area contributed by atoms with E-state index in [4.69, 9.17) is 4.74 Å². The van der Waals surface area contributed by atoms with Gasteiger partial charge in [-0.2, -0.15) is 4.31 Å². The smallest absolute Gasteiger partial charge is 0.263 e. The number of rotatable bonds is 5. The molecule has 30 heavy (non-hydrogen) atoms. The SMILES string of the molecule is Cc1ccc(OC(C)C(=O)N2CCN(S(=O)(=O)c3ccc(F)c(F)c3F)CC2)cc1. The number of carbonyl (C=O) groups excluding carboxylic acids is 1. The summed E-state index contributed by atoms with van der Waals surface area (Å²) in [6.07, 6.45) is -0.778. The maximum absolute atomic E-state index is 14.0. The summed E-state index contributed by atoms with van der Waals surface area (Å²) < 4.78 is 72.3. The van der Waals surface area contributed by atoms with E-state index in [0.29, 0.717) is 17.9 Å². The van der Waals surface area contributed by atoms with Gasteiger partial charge in [-0.05, 0) is 38.1 Å². The maximum atomic E-state index is 14.0. The fraction of sp³-hybridized carbons (Fsp3) is 0.350. The van der Waals surface area contributed by atoms with E-state index in [9.17, 15) is 26.4 Å². The molecule has 1 fully saturated rings. The van der Waals surface area contributed by atoms with E-state index in [-0.39, 0.29) is 32.1 Å². The van der Waals surface area contributed by atoms with Gasteiger partial charge in [-0.1, -0.05) is 17.7 Å². The molecule has 0 radical (unpaired) electrons. The van der Waals surface area contributed by atoms with E-state index in [1.165, 1.54) is 4.90 Å². The van der Waals surface area contributed by atoms with Crippen LogP contribution in [0.3, 0.4) is 0 Å². The fourth-order valence-electron chi connectivity index (χ4n) is 3.12. The molecule has 0 aliphatic carbocycles. The van der Waals surface area contributed by atoms with Crippen LogP contribution in [0.5, 0.6) is 5.75 Å². The zero-order chi connectivity index (χ0) is 22.1. The Balaban J connectivity index is 1.64. The van der Waals surface area contributed by atoms with Crippen LogP contribution in [0.1, 0.15) is 12.5 Å². The molecule has 3 rings (SSSR count). The van der Waals surface area contributed by atoms with Crippen LogP contribution in [-0.2, 0) is 14.8 Å². The first kappa shape index (κ1) is 22.1. The third-order valence-electron chi connectivity index (χ3n) is 4.85. The number of amides is 1. The van der Waals surface area contributed by atoms with Gasteiger partial charge >= 0.3 is 0 Å². The third kappa shape index (κ3) is 4.44. The highest BCUT2D eigenvalue weighted by Crippen LogP contribution is 2.24. The van der Waals surface area contributed by atoms with Gasteiger partial charge in [0.2, 0.25) is 10.0 Å². The van der Waals surface area contributed by atoms with Crippen LogP contribution in [0.2, 0.25) is 0 Å². The molecule has 1 saturated heterocycles. The number of halogens is 3. The number of nitrogens with zero attached hydrogens (tertiary/aromatic N) is 2. The lowest BCUT2D eigenvalue weighted by Gasteiger charge is -2.35. The van der Waals surface area contributed by atoms with Crippen LogP contribution in [0.15, 0.2) is 41.3 Å². The lowest BCUT2D eigenvalue weighted by atomic mass is 10.2. The average molecular weight is 442 g/mol. The van der Waals surface area contributed by atoms with Gasteiger partial charge in [0.25, 0.3) is 5.91 Å². The van der Waals surface area contributed by atoms with Crippen molar-refractivity contribution in [3.8, 4) is 5.75 Å². The van der Waals surface area contributed by atoms with Crippen LogP contribution < -0.4 is 4.74 Å². The molecule has 0 N–H and O–H groups in total. The number of hydrogen-bond acceptors (Lipinski definition) is 4. The van der Waals surface area contributed by atoms with Crippen molar-refractivity contribution in [3.05, 3.63) is 59.4 Å². The van der Waals surface area contributed by atoms with Gasteiger partial charge in [-0.25, -0.2) is 21.6 Å². The Morgan fingerprint density at radius 3 is 2.17 bits per heavy atom. The van der Waals surface area contributed by atoms with Crippen molar-refractivity contribution in [2.75, 3.05) is 26.2 Å². The van der Waals surface area contributed by atoms with Gasteiger partial charge in [0, 0.05) is 26.2 Å². The molecule has 1 unspecified atom stereocenters. The summed E-state index contributed by atoms with van der Waals surface area (Å²) >= 11 is 0. The summed E-state index contributed by atoms with van der Waals surface area (Å²) in [6.45, 7) is 3.43. The van der Waals surface area contributed by atoms with Gasteiger partial charge in [-0.15, -0.1) is 0 Å². The molecule has 1 aliphatic rings. The van der Waals surface area contributed by atoms with Crippen LogP contribution in [0, 0.1) is 24.4 Å². The highest BCUT2D eigenvalue weighted by atomic mass is 32.2. The van der Waals surface area contributed by atoms with Gasteiger partial charge in [0.05, 0.1) is 0 Å². The Morgan fingerprint density at radius 1 is 0.967 bits per heavy atom. The van der Waals surface area contributed by atoms with Crippen molar-refractivity contribution in [2.24, 2.45) is 0 Å². The molecule has 6 nitrogen and oxygen atoms in total.